The first kappa shape index (κ1) is 15.3. The summed E-state index contributed by atoms with van der Waals surface area (Å²) in [6, 6.07) is 6.70. The molecule has 0 aliphatic rings. The second-order valence-corrected chi connectivity index (χ2v) is 3.95. The zero-order chi connectivity index (χ0) is 14.3. The molecular formula is C12H15F3N2O2. The second kappa shape index (κ2) is 6.98. The van der Waals surface area contributed by atoms with Crippen LogP contribution in [0, 0.1) is 0 Å². The highest BCUT2D eigenvalue weighted by Crippen LogP contribution is 2.21. The maximum absolute atomic E-state index is 11.9. The van der Waals surface area contributed by atoms with Gasteiger partial charge in [0.2, 0.25) is 0 Å². The van der Waals surface area contributed by atoms with Gasteiger partial charge in [-0.2, -0.15) is 13.2 Å². The van der Waals surface area contributed by atoms with Gasteiger partial charge in [-0.25, -0.2) is 0 Å². The molecule has 0 unspecified atom stereocenters. The van der Waals surface area contributed by atoms with E-state index in [0.29, 0.717) is 5.56 Å². The first-order valence-corrected chi connectivity index (χ1v) is 5.64. The fourth-order valence-electron chi connectivity index (χ4n) is 1.39. The van der Waals surface area contributed by atoms with Gasteiger partial charge in [0.05, 0.1) is 6.61 Å². The third-order valence-electron chi connectivity index (χ3n) is 2.38. The molecule has 0 saturated carbocycles. The van der Waals surface area contributed by atoms with Gasteiger partial charge in [-0.1, -0.05) is 29.4 Å². The third-order valence-corrected chi connectivity index (χ3v) is 2.38. The first-order chi connectivity index (χ1) is 8.92. The molecule has 0 atom stereocenters. The Labute approximate surface area is 108 Å². The average molecular weight is 276 g/mol. The number of nitrogens with zero attached hydrogens (tertiary/aromatic N) is 1. The minimum atomic E-state index is -4.13. The number of alkyl halides is 3. The standard InChI is InChI=1S/C12H15F3N2O2/c13-12(14,15)6-1-7-19-8-9-2-4-10(5-3-9)11(16)17-18/h2-5,18H,1,6-8H2,(H2,16,17). The summed E-state index contributed by atoms with van der Waals surface area (Å²) in [5, 5.41) is 11.3. The average Bonchev–Trinajstić information content (AvgIpc) is 2.37. The molecule has 19 heavy (non-hydrogen) atoms. The maximum Gasteiger partial charge on any atom is 0.389 e. The molecular weight excluding hydrogens is 261 g/mol. The summed E-state index contributed by atoms with van der Waals surface area (Å²) in [5.41, 5.74) is 6.75. The Balaban J connectivity index is 2.31. The number of amidine groups is 1. The summed E-state index contributed by atoms with van der Waals surface area (Å²) in [7, 11) is 0. The van der Waals surface area contributed by atoms with E-state index in [9.17, 15) is 13.2 Å². The minimum Gasteiger partial charge on any atom is -0.409 e. The number of nitrogens with two attached hydrogens (primary N) is 1. The molecule has 1 aromatic rings. The maximum atomic E-state index is 11.9. The van der Waals surface area contributed by atoms with E-state index in [1.54, 1.807) is 24.3 Å². The number of oxime groups is 1. The fraction of sp³-hybridized carbons (Fsp3) is 0.417. The van der Waals surface area contributed by atoms with E-state index in [2.05, 4.69) is 5.16 Å². The van der Waals surface area contributed by atoms with Gasteiger partial charge >= 0.3 is 6.18 Å². The monoisotopic (exact) mass is 276 g/mol. The lowest BCUT2D eigenvalue weighted by Gasteiger charge is -2.07. The summed E-state index contributed by atoms with van der Waals surface area (Å²) in [4.78, 5) is 0. The highest BCUT2D eigenvalue weighted by molar-refractivity contribution is 5.96. The van der Waals surface area contributed by atoms with Gasteiger partial charge in [0.1, 0.15) is 0 Å². The van der Waals surface area contributed by atoms with E-state index < -0.39 is 12.6 Å². The molecule has 0 aliphatic carbocycles. The molecule has 0 saturated heterocycles. The van der Waals surface area contributed by atoms with Crippen molar-refractivity contribution in [3.8, 4) is 0 Å². The second-order valence-electron chi connectivity index (χ2n) is 3.95. The Morgan fingerprint density at radius 3 is 2.42 bits per heavy atom. The Morgan fingerprint density at radius 2 is 1.89 bits per heavy atom. The van der Waals surface area contributed by atoms with E-state index in [-0.39, 0.29) is 25.5 Å². The van der Waals surface area contributed by atoms with Gasteiger partial charge < -0.3 is 15.7 Å². The van der Waals surface area contributed by atoms with Crippen LogP contribution >= 0.6 is 0 Å². The van der Waals surface area contributed by atoms with Crippen molar-refractivity contribution in [2.24, 2.45) is 10.9 Å². The first-order valence-electron chi connectivity index (χ1n) is 5.64. The van der Waals surface area contributed by atoms with Gasteiger partial charge in [0.25, 0.3) is 0 Å². The zero-order valence-electron chi connectivity index (χ0n) is 10.2. The predicted octanol–water partition coefficient (Wildman–Crippen LogP) is 2.64. The summed E-state index contributed by atoms with van der Waals surface area (Å²) >= 11 is 0. The number of halogens is 3. The third kappa shape index (κ3) is 6.10. The quantitative estimate of drug-likeness (QED) is 0.276. The molecule has 0 bridgehead atoms. The lowest BCUT2D eigenvalue weighted by atomic mass is 10.1. The predicted molar refractivity (Wildman–Crippen MR) is 63.9 cm³/mol. The Kier molecular flexibility index (Phi) is 5.62. The summed E-state index contributed by atoms with van der Waals surface area (Å²) < 4.78 is 40.7. The van der Waals surface area contributed by atoms with Crippen LogP contribution in [0.3, 0.4) is 0 Å². The molecule has 4 nitrogen and oxygen atoms in total. The highest BCUT2D eigenvalue weighted by Gasteiger charge is 2.25. The van der Waals surface area contributed by atoms with E-state index in [0.717, 1.165) is 5.56 Å². The SMILES string of the molecule is N/C(=N/O)c1ccc(COCCCC(F)(F)F)cc1. The van der Waals surface area contributed by atoms with E-state index >= 15 is 0 Å². The molecule has 0 aromatic heterocycles. The molecule has 1 aromatic carbocycles. The van der Waals surface area contributed by atoms with E-state index in [1.807, 2.05) is 0 Å². The topological polar surface area (TPSA) is 67.8 Å². The number of benzene rings is 1. The molecule has 0 heterocycles. The Bertz CT molecular complexity index is 416. The van der Waals surface area contributed by atoms with Crippen LogP contribution in [0.25, 0.3) is 0 Å². The van der Waals surface area contributed by atoms with Gasteiger partial charge in [-0.3, -0.25) is 0 Å². The largest absolute Gasteiger partial charge is 0.409 e. The number of hydrogen-bond donors (Lipinski definition) is 2. The van der Waals surface area contributed by atoms with Crippen LogP contribution in [0.5, 0.6) is 0 Å². The van der Waals surface area contributed by atoms with Gasteiger partial charge in [0.15, 0.2) is 5.84 Å². The molecule has 0 spiro atoms. The number of rotatable bonds is 6. The molecule has 106 valence electrons. The summed E-state index contributed by atoms with van der Waals surface area (Å²) in [6.07, 6.45) is -5.02. The normalized spacial score (nSPS) is 12.7. The fourth-order valence-corrected chi connectivity index (χ4v) is 1.39. The summed E-state index contributed by atoms with van der Waals surface area (Å²) in [6.45, 7) is 0.288. The van der Waals surface area contributed by atoms with Crippen molar-refractivity contribution in [3.05, 3.63) is 35.4 Å². The lowest BCUT2D eigenvalue weighted by molar-refractivity contribution is -0.138. The van der Waals surface area contributed by atoms with Crippen LogP contribution in [0.15, 0.2) is 29.4 Å². The van der Waals surface area contributed by atoms with Crippen LogP contribution in [0.4, 0.5) is 13.2 Å². The van der Waals surface area contributed by atoms with Gasteiger partial charge in [-0.15, -0.1) is 0 Å². The molecule has 7 heteroatoms. The molecule has 0 radical (unpaired) electrons. The Hall–Kier alpha value is -1.76. The molecule has 1 rings (SSSR count). The molecule has 0 aliphatic heterocycles. The van der Waals surface area contributed by atoms with Crippen molar-refractivity contribution < 1.29 is 23.1 Å². The molecule has 0 fully saturated rings. The van der Waals surface area contributed by atoms with Crippen molar-refractivity contribution in [1.82, 2.24) is 0 Å². The van der Waals surface area contributed by atoms with Crippen molar-refractivity contribution in [2.75, 3.05) is 6.61 Å². The van der Waals surface area contributed by atoms with Crippen molar-refractivity contribution in [2.45, 2.75) is 25.6 Å². The van der Waals surface area contributed by atoms with Crippen LogP contribution in [-0.4, -0.2) is 23.8 Å². The lowest BCUT2D eigenvalue weighted by Crippen LogP contribution is -2.12. The van der Waals surface area contributed by atoms with Crippen LogP contribution < -0.4 is 5.73 Å². The smallest absolute Gasteiger partial charge is 0.389 e. The van der Waals surface area contributed by atoms with Crippen molar-refractivity contribution >= 4 is 5.84 Å². The van der Waals surface area contributed by atoms with E-state index in [1.165, 1.54) is 0 Å². The van der Waals surface area contributed by atoms with Gasteiger partial charge in [0, 0.05) is 18.6 Å². The molecule has 3 N–H and O–H groups in total. The Morgan fingerprint density at radius 1 is 1.26 bits per heavy atom. The highest BCUT2D eigenvalue weighted by atomic mass is 19.4. The number of hydrogen-bond acceptors (Lipinski definition) is 3. The van der Waals surface area contributed by atoms with Crippen LogP contribution in [-0.2, 0) is 11.3 Å². The van der Waals surface area contributed by atoms with Crippen LogP contribution in [0.1, 0.15) is 24.0 Å². The zero-order valence-corrected chi connectivity index (χ0v) is 10.2. The molecule has 0 amide bonds. The van der Waals surface area contributed by atoms with E-state index in [4.69, 9.17) is 15.7 Å². The van der Waals surface area contributed by atoms with Crippen LogP contribution in [0.2, 0.25) is 0 Å². The van der Waals surface area contributed by atoms with Gasteiger partial charge in [-0.05, 0) is 12.0 Å². The summed E-state index contributed by atoms with van der Waals surface area (Å²) in [5.74, 6) is -0.00218. The van der Waals surface area contributed by atoms with Crippen molar-refractivity contribution in [1.29, 1.82) is 0 Å². The minimum absolute atomic E-state index is 0.00218. The number of ether oxygens (including phenoxy) is 1. The van der Waals surface area contributed by atoms with Crippen molar-refractivity contribution in [3.63, 3.8) is 0 Å².